The third kappa shape index (κ3) is 1.09. The number of fused-ring (bicyclic) bond motifs is 3. The summed E-state index contributed by atoms with van der Waals surface area (Å²) in [7, 11) is -3.49. The SMILES string of the molecule is O=C1C=CS(=O)(=O)c2[nH]c3ccccc3c21. The van der Waals surface area contributed by atoms with Gasteiger partial charge >= 0.3 is 0 Å². The molecule has 0 aliphatic carbocycles. The molecule has 0 spiro atoms. The summed E-state index contributed by atoms with van der Waals surface area (Å²) in [5, 5.41) is 1.59. The summed E-state index contributed by atoms with van der Waals surface area (Å²) < 4.78 is 23.4. The maximum absolute atomic E-state index is 11.7. The first-order valence-electron chi connectivity index (χ1n) is 4.68. The van der Waals surface area contributed by atoms with Crippen LogP contribution in [0, 0.1) is 0 Å². The fraction of sp³-hybridized carbons (Fsp3) is 0. The maximum Gasteiger partial charge on any atom is 0.215 e. The highest BCUT2D eigenvalue weighted by Gasteiger charge is 2.28. The molecular formula is C11H7NO3S. The molecule has 80 valence electrons. The second-order valence-electron chi connectivity index (χ2n) is 3.59. The van der Waals surface area contributed by atoms with E-state index in [-0.39, 0.29) is 16.4 Å². The summed E-state index contributed by atoms with van der Waals surface area (Å²) in [6.07, 6.45) is 1.10. The molecular weight excluding hydrogens is 226 g/mol. The van der Waals surface area contributed by atoms with Crippen LogP contribution in [0.2, 0.25) is 0 Å². The van der Waals surface area contributed by atoms with E-state index < -0.39 is 9.84 Å². The first kappa shape index (κ1) is 9.35. The Morgan fingerprint density at radius 3 is 2.69 bits per heavy atom. The molecule has 0 radical (unpaired) electrons. The van der Waals surface area contributed by atoms with E-state index >= 15 is 0 Å². The van der Waals surface area contributed by atoms with Crippen molar-refractivity contribution in [1.29, 1.82) is 0 Å². The van der Waals surface area contributed by atoms with Gasteiger partial charge in [-0.25, -0.2) is 8.42 Å². The number of para-hydroxylation sites is 1. The van der Waals surface area contributed by atoms with Crippen molar-refractivity contribution in [3.05, 3.63) is 41.3 Å². The minimum Gasteiger partial charge on any atom is -0.345 e. The topological polar surface area (TPSA) is 67.0 Å². The second kappa shape index (κ2) is 2.82. The lowest BCUT2D eigenvalue weighted by Crippen LogP contribution is -2.10. The number of aromatic amines is 1. The van der Waals surface area contributed by atoms with Gasteiger partial charge in [0.05, 0.1) is 5.56 Å². The number of benzene rings is 1. The van der Waals surface area contributed by atoms with Gasteiger partial charge < -0.3 is 4.98 Å². The normalized spacial score (nSPS) is 17.6. The maximum atomic E-state index is 11.7. The number of rotatable bonds is 0. The molecule has 0 bridgehead atoms. The Balaban J connectivity index is 2.54. The van der Waals surface area contributed by atoms with Crippen molar-refractivity contribution in [2.24, 2.45) is 0 Å². The zero-order valence-corrected chi connectivity index (χ0v) is 8.91. The molecule has 5 heteroatoms. The Morgan fingerprint density at radius 2 is 1.88 bits per heavy atom. The van der Waals surface area contributed by atoms with Crippen LogP contribution in [0.25, 0.3) is 10.9 Å². The Hall–Kier alpha value is -1.88. The van der Waals surface area contributed by atoms with E-state index in [4.69, 9.17) is 0 Å². The van der Waals surface area contributed by atoms with Crippen LogP contribution in [0.4, 0.5) is 0 Å². The van der Waals surface area contributed by atoms with Gasteiger partial charge in [-0.2, -0.15) is 0 Å². The number of hydrogen-bond acceptors (Lipinski definition) is 3. The number of carbonyl (C=O) groups excluding carboxylic acids is 1. The predicted molar refractivity (Wildman–Crippen MR) is 59.0 cm³/mol. The Morgan fingerprint density at radius 1 is 1.12 bits per heavy atom. The number of nitrogens with one attached hydrogen (secondary N) is 1. The summed E-state index contributed by atoms with van der Waals surface area (Å²) >= 11 is 0. The first-order chi connectivity index (χ1) is 7.59. The fourth-order valence-corrected chi connectivity index (χ4v) is 3.06. The van der Waals surface area contributed by atoms with E-state index in [2.05, 4.69) is 4.98 Å². The summed E-state index contributed by atoms with van der Waals surface area (Å²) in [6, 6.07) is 7.04. The number of allylic oxidation sites excluding steroid dienone is 1. The summed E-state index contributed by atoms with van der Waals surface area (Å²) in [5.41, 5.74) is 0.909. The molecule has 16 heavy (non-hydrogen) atoms. The molecule has 1 aliphatic rings. The van der Waals surface area contributed by atoms with Crippen LogP contribution in [0.15, 0.2) is 40.8 Å². The molecule has 2 heterocycles. The number of carbonyl (C=O) groups is 1. The van der Waals surface area contributed by atoms with E-state index in [0.717, 1.165) is 11.5 Å². The van der Waals surface area contributed by atoms with E-state index in [1.807, 2.05) is 0 Å². The molecule has 1 aromatic carbocycles. The summed E-state index contributed by atoms with van der Waals surface area (Å²) in [5.74, 6) is -0.276. The van der Waals surface area contributed by atoms with Crippen LogP contribution in [-0.4, -0.2) is 19.2 Å². The van der Waals surface area contributed by atoms with E-state index in [1.54, 1.807) is 24.3 Å². The minimum absolute atomic E-state index is 0.00111. The van der Waals surface area contributed by atoms with Crippen molar-refractivity contribution in [3.63, 3.8) is 0 Å². The van der Waals surface area contributed by atoms with Crippen LogP contribution < -0.4 is 0 Å². The Bertz CT molecular complexity index is 738. The number of ketones is 1. The van der Waals surface area contributed by atoms with Gasteiger partial charge in [-0.1, -0.05) is 18.2 Å². The Kier molecular flexibility index (Phi) is 1.65. The van der Waals surface area contributed by atoms with Gasteiger partial charge in [-0.3, -0.25) is 4.79 Å². The molecule has 1 aromatic heterocycles. The molecule has 1 N–H and O–H groups in total. The highest BCUT2D eigenvalue weighted by atomic mass is 32.2. The fourth-order valence-electron chi connectivity index (χ4n) is 1.88. The van der Waals surface area contributed by atoms with Gasteiger partial charge in [0.2, 0.25) is 9.84 Å². The predicted octanol–water partition coefficient (Wildman–Crippen LogP) is 1.65. The van der Waals surface area contributed by atoms with Crippen LogP contribution in [0.1, 0.15) is 10.4 Å². The van der Waals surface area contributed by atoms with Gasteiger partial charge in [-0.05, 0) is 12.1 Å². The van der Waals surface area contributed by atoms with E-state index in [0.29, 0.717) is 10.9 Å². The second-order valence-corrected chi connectivity index (χ2v) is 5.36. The monoisotopic (exact) mass is 233 g/mol. The van der Waals surface area contributed by atoms with Gasteiger partial charge in [0.15, 0.2) is 5.78 Å². The molecule has 0 saturated heterocycles. The van der Waals surface area contributed by atoms with Crippen LogP contribution in [-0.2, 0) is 9.84 Å². The van der Waals surface area contributed by atoms with Crippen LogP contribution in [0.5, 0.6) is 0 Å². The van der Waals surface area contributed by atoms with Gasteiger partial charge in [0, 0.05) is 16.3 Å². The van der Waals surface area contributed by atoms with Gasteiger partial charge in [-0.15, -0.1) is 0 Å². The number of hydrogen-bond donors (Lipinski definition) is 1. The van der Waals surface area contributed by atoms with Crippen molar-refractivity contribution < 1.29 is 13.2 Å². The molecule has 0 unspecified atom stereocenters. The summed E-state index contributed by atoms with van der Waals surface area (Å²) in [6.45, 7) is 0. The Labute approximate surface area is 91.5 Å². The van der Waals surface area contributed by atoms with Crippen molar-refractivity contribution in [2.75, 3.05) is 0 Å². The minimum atomic E-state index is -3.49. The standard InChI is InChI=1S/C11H7NO3S/c13-9-5-6-16(14,15)11-10(9)7-3-1-2-4-8(7)12-11/h1-6,12H. The van der Waals surface area contributed by atoms with Gasteiger partial charge in [0.25, 0.3) is 0 Å². The number of aromatic nitrogens is 1. The molecule has 2 aromatic rings. The lowest BCUT2D eigenvalue weighted by atomic mass is 10.1. The molecule has 0 fully saturated rings. The first-order valence-corrected chi connectivity index (χ1v) is 6.22. The van der Waals surface area contributed by atoms with Crippen molar-refractivity contribution >= 4 is 26.5 Å². The number of sulfone groups is 1. The number of H-pyrrole nitrogens is 1. The average Bonchev–Trinajstić information content (AvgIpc) is 2.65. The molecule has 1 aliphatic heterocycles. The molecule has 4 nitrogen and oxygen atoms in total. The summed E-state index contributed by atoms with van der Waals surface area (Å²) in [4.78, 5) is 14.5. The quantitative estimate of drug-likeness (QED) is 0.752. The average molecular weight is 233 g/mol. The zero-order chi connectivity index (χ0) is 11.3. The lowest BCUT2D eigenvalue weighted by molar-refractivity contribution is 0.104. The van der Waals surface area contributed by atoms with E-state index in [1.165, 1.54) is 0 Å². The largest absolute Gasteiger partial charge is 0.345 e. The van der Waals surface area contributed by atoms with Crippen molar-refractivity contribution in [3.8, 4) is 0 Å². The van der Waals surface area contributed by atoms with Crippen LogP contribution >= 0.6 is 0 Å². The zero-order valence-electron chi connectivity index (χ0n) is 8.10. The highest BCUT2D eigenvalue weighted by molar-refractivity contribution is 7.94. The molecule has 0 atom stereocenters. The van der Waals surface area contributed by atoms with Crippen LogP contribution in [0.3, 0.4) is 0 Å². The van der Waals surface area contributed by atoms with Crippen molar-refractivity contribution in [2.45, 2.75) is 5.03 Å². The highest BCUT2D eigenvalue weighted by Crippen LogP contribution is 2.30. The smallest absolute Gasteiger partial charge is 0.215 e. The molecule has 0 amide bonds. The molecule has 3 rings (SSSR count). The lowest BCUT2D eigenvalue weighted by Gasteiger charge is -2.04. The van der Waals surface area contributed by atoms with Gasteiger partial charge in [0.1, 0.15) is 5.03 Å². The third-order valence-electron chi connectivity index (χ3n) is 2.60. The molecule has 0 saturated carbocycles. The van der Waals surface area contributed by atoms with Crippen molar-refractivity contribution in [1.82, 2.24) is 4.98 Å². The van der Waals surface area contributed by atoms with E-state index in [9.17, 15) is 13.2 Å². The third-order valence-corrected chi connectivity index (χ3v) is 3.97.